The molecular weight excluding hydrogens is 144 g/mol. The highest BCUT2D eigenvalue weighted by molar-refractivity contribution is 4.94. The van der Waals surface area contributed by atoms with Gasteiger partial charge in [0.25, 0.3) is 0 Å². The molecule has 0 aromatic carbocycles. The Labute approximate surface area is 80.4 Å². The summed E-state index contributed by atoms with van der Waals surface area (Å²) in [5, 5.41) is 0. The number of rotatable bonds is 1. The Morgan fingerprint density at radius 2 is 1.25 bits per heavy atom. The predicted octanol–water partition coefficient (Wildman–Crippen LogP) is 5.22. The van der Waals surface area contributed by atoms with Crippen LogP contribution >= 0.6 is 0 Å². The molecule has 0 bridgehead atoms. The molecule has 0 aromatic rings. The Kier molecular flexibility index (Phi) is 146. The van der Waals surface area contributed by atoms with E-state index in [1.54, 1.807) is 6.08 Å². The third-order valence-corrected chi connectivity index (χ3v) is 0.329. The molecule has 0 rings (SSSR count). The largest absolute Gasteiger partial charge is 0.0991 e. The molecule has 0 radical (unpaired) electrons. The van der Waals surface area contributed by atoms with E-state index in [-0.39, 0.29) is 0 Å². The maximum Gasteiger partial charge on any atom is -0.0467 e. The fraction of sp³-hybridized carbons (Fsp3) is 0.667. The van der Waals surface area contributed by atoms with Crippen molar-refractivity contribution in [1.82, 2.24) is 0 Å². The summed E-state index contributed by atoms with van der Waals surface area (Å²) >= 11 is 0. The zero-order valence-electron chi connectivity index (χ0n) is 10.1. The molecule has 0 atom stereocenters. The molecule has 0 aromatic heterocycles. The van der Waals surface area contributed by atoms with Gasteiger partial charge in [-0.15, -0.1) is 0 Å². The van der Waals surface area contributed by atoms with Crippen LogP contribution in [0.15, 0.2) is 24.8 Å². The highest BCUT2D eigenvalue weighted by atomic mass is 13.5. The van der Waals surface area contributed by atoms with E-state index in [2.05, 4.69) is 20.4 Å². The fourth-order valence-corrected chi connectivity index (χ4v) is 0.136. The van der Waals surface area contributed by atoms with Crippen LogP contribution in [0.3, 0.4) is 0 Å². The van der Waals surface area contributed by atoms with Gasteiger partial charge in [0.15, 0.2) is 0 Å². The molecule has 0 saturated heterocycles. The molecule has 0 spiro atoms. The van der Waals surface area contributed by atoms with Crippen molar-refractivity contribution in [2.45, 2.75) is 54.9 Å². The average molecular weight is 172 g/mol. The minimum Gasteiger partial charge on any atom is -0.0991 e. The maximum atomic E-state index is 3.46. The molecule has 12 heavy (non-hydrogen) atoms. The third kappa shape index (κ3) is 311. The smallest absolute Gasteiger partial charge is 0.0467 e. The molecule has 0 amide bonds. The summed E-state index contributed by atoms with van der Waals surface area (Å²) in [5.74, 6) is 0. The van der Waals surface area contributed by atoms with Crippen molar-refractivity contribution in [2.24, 2.45) is 0 Å². The van der Waals surface area contributed by atoms with Gasteiger partial charge in [-0.3, -0.25) is 0 Å². The van der Waals surface area contributed by atoms with E-state index in [0.29, 0.717) is 0 Å². The van der Waals surface area contributed by atoms with Crippen molar-refractivity contribution in [3.05, 3.63) is 24.8 Å². The van der Waals surface area contributed by atoms with Gasteiger partial charge >= 0.3 is 0 Å². The van der Waals surface area contributed by atoms with E-state index >= 15 is 0 Å². The molecule has 0 nitrogen and oxygen atoms in total. The van der Waals surface area contributed by atoms with Gasteiger partial charge in [0, 0.05) is 0 Å². The molecule has 0 aliphatic carbocycles. The predicted molar refractivity (Wildman–Crippen MR) is 63.7 cm³/mol. The van der Waals surface area contributed by atoms with Gasteiger partial charge in [0.1, 0.15) is 0 Å². The lowest BCUT2D eigenvalue weighted by atomic mass is 10.5. The Morgan fingerprint density at radius 1 is 1.00 bits per heavy atom. The Hall–Kier alpha value is -0.520. The second-order valence-electron chi connectivity index (χ2n) is 1.47. The van der Waals surface area contributed by atoms with Crippen LogP contribution in [0.25, 0.3) is 0 Å². The van der Waals surface area contributed by atoms with Crippen molar-refractivity contribution < 1.29 is 0 Å². The monoisotopic (exact) mass is 172 g/mol. The molecule has 0 saturated carbocycles. The highest BCUT2D eigenvalue weighted by Crippen LogP contribution is 1.64. The standard InChI is InChI=1S/C5H8.C3H8.2C2H6/c1-3-5-4-2;1-3-2;2*1-2/h3-5H,1H2,2H3;3H2,1-2H3;2*1-2H3. The van der Waals surface area contributed by atoms with E-state index in [1.807, 2.05) is 46.8 Å². The van der Waals surface area contributed by atoms with E-state index in [4.69, 9.17) is 0 Å². The molecule has 76 valence electrons. The van der Waals surface area contributed by atoms with Crippen LogP contribution in [0.2, 0.25) is 0 Å². The van der Waals surface area contributed by atoms with Gasteiger partial charge in [-0.25, -0.2) is 0 Å². The summed E-state index contributed by atoms with van der Waals surface area (Å²) in [4.78, 5) is 0. The van der Waals surface area contributed by atoms with E-state index in [0.717, 1.165) is 0 Å². The fourth-order valence-electron chi connectivity index (χ4n) is 0.136. The van der Waals surface area contributed by atoms with Crippen molar-refractivity contribution in [3.63, 3.8) is 0 Å². The van der Waals surface area contributed by atoms with E-state index in [1.165, 1.54) is 6.42 Å². The normalized spacial score (nSPS) is 6.25. The lowest BCUT2D eigenvalue weighted by Crippen LogP contribution is -1.33. The van der Waals surface area contributed by atoms with Gasteiger partial charge in [0.2, 0.25) is 0 Å². The maximum absolute atomic E-state index is 3.46. The number of hydrogen-bond donors (Lipinski definition) is 0. The van der Waals surface area contributed by atoms with E-state index in [9.17, 15) is 0 Å². The summed E-state index contributed by atoms with van der Waals surface area (Å²) in [6.07, 6.45) is 6.83. The molecule has 0 fully saturated rings. The average Bonchev–Trinajstić information content (AvgIpc) is 2.14. The van der Waals surface area contributed by atoms with Crippen LogP contribution in [0.5, 0.6) is 0 Å². The first-order valence-corrected chi connectivity index (χ1v) is 5.07. The number of hydrogen-bond acceptors (Lipinski definition) is 0. The lowest BCUT2D eigenvalue weighted by Gasteiger charge is -1.56. The molecule has 0 unspecified atom stereocenters. The topological polar surface area (TPSA) is 0 Å². The molecule has 0 heterocycles. The second-order valence-corrected chi connectivity index (χ2v) is 1.47. The first-order valence-electron chi connectivity index (χ1n) is 5.07. The zero-order chi connectivity index (χ0) is 10.8. The number of allylic oxidation sites excluding steroid dienone is 3. The first-order chi connectivity index (χ1) is 5.83. The van der Waals surface area contributed by atoms with Crippen LogP contribution in [0.4, 0.5) is 0 Å². The van der Waals surface area contributed by atoms with Gasteiger partial charge in [-0.1, -0.05) is 72.8 Å². The van der Waals surface area contributed by atoms with Crippen LogP contribution in [0, 0.1) is 0 Å². The molecular formula is C12H28. The molecule has 0 N–H and O–H groups in total. The van der Waals surface area contributed by atoms with Crippen LogP contribution in [-0.2, 0) is 0 Å². The summed E-state index contributed by atoms with van der Waals surface area (Å²) in [6, 6.07) is 0. The van der Waals surface area contributed by atoms with Crippen molar-refractivity contribution in [2.75, 3.05) is 0 Å². The van der Waals surface area contributed by atoms with Crippen LogP contribution in [0.1, 0.15) is 54.9 Å². The molecule has 0 aliphatic heterocycles. The summed E-state index contributed by atoms with van der Waals surface area (Å²) < 4.78 is 0. The first kappa shape index (κ1) is 22.5. The SMILES string of the molecule is C=CC=CC.CC.CC.CCC. The molecule has 0 heteroatoms. The minimum atomic E-state index is 1.25. The summed E-state index contributed by atoms with van der Waals surface area (Å²) in [7, 11) is 0. The van der Waals surface area contributed by atoms with Crippen LogP contribution < -0.4 is 0 Å². The Morgan fingerprint density at radius 3 is 1.25 bits per heavy atom. The van der Waals surface area contributed by atoms with Gasteiger partial charge in [-0.2, -0.15) is 0 Å². The second kappa shape index (κ2) is 77.8. The minimum absolute atomic E-state index is 1.25. The Balaban J connectivity index is -0.0000000397. The quantitative estimate of drug-likeness (QED) is 0.476. The van der Waals surface area contributed by atoms with Crippen LogP contribution in [-0.4, -0.2) is 0 Å². The van der Waals surface area contributed by atoms with Crippen molar-refractivity contribution in [1.29, 1.82) is 0 Å². The summed E-state index contributed by atoms with van der Waals surface area (Å²) in [5.41, 5.74) is 0. The van der Waals surface area contributed by atoms with Crippen molar-refractivity contribution in [3.8, 4) is 0 Å². The third-order valence-electron chi connectivity index (χ3n) is 0.329. The van der Waals surface area contributed by atoms with Gasteiger partial charge < -0.3 is 0 Å². The van der Waals surface area contributed by atoms with E-state index < -0.39 is 0 Å². The van der Waals surface area contributed by atoms with Crippen molar-refractivity contribution >= 4 is 0 Å². The van der Waals surface area contributed by atoms with Gasteiger partial charge in [-0.05, 0) is 6.92 Å². The molecule has 0 aliphatic rings. The lowest BCUT2D eigenvalue weighted by molar-refractivity contribution is 1.09. The highest BCUT2D eigenvalue weighted by Gasteiger charge is 1.42. The zero-order valence-corrected chi connectivity index (χ0v) is 10.1. The van der Waals surface area contributed by atoms with Gasteiger partial charge in [0.05, 0.1) is 0 Å². The summed E-state index contributed by atoms with van der Waals surface area (Å²) in [6.45, 7) is 17.7. The Bertz CT molecular complexity index is 51.1.